The molecule has 1 aromatic heterocycles. The van der Waals surface area contributed by atoms with Gasteiger partial charge in [0.25, 0.3) is 0 Å². The number of benzene rings is 1. The smallest absolute Gasteiger partial charge is 0.137 e. The Bertz CT molecular complexity index is 656. The summed E-state index contributed by atoms with van der Waals surface area (Å²) in [5.41, 5.74) is 1.00. The maximum Gasteiger partial charge on any atom is 0.137 e. The van der Waals surface area contributed by atoms with Crippen LogP contribution in [0.3, 0.4) is 0 Å². The fourth-order valence-electron chi connectivity index (χ4n) is 3.81. The van der Waals surface area contributed by atoms with Crippen LogP contribution in [-0.4, -0.2) is 18.2 Å². The molecule has 0 aliphatic carbocycles. The molecule has 2 fully saturated rings. The Morgan fingerprint density at radius 2 is 2.00 bits per heavy atom. The van der Waals surface area contributed by atoms with E-state index in [1.54, 1.807) is 23.5 Å². The molecule has 2 aliphatic heterocycles. The molecule has 3 atom stereocenters. The lowest BCUT2D eigenvalue weighted by Crippen LogP contribution is -2.51. The van der Waals surface area contributed by atoms with Gasteiger partial charge in [-0.15, -0.1) is 11.3 Å². The van der Waals surface area contributed by atoms with Gasteiger partial charge in [-0.1, -0.05) is 6.42 Å². The average Bonchev–Trinajstić information content (AvgIpc) is 2.85. The Balaban J connectivity index is 1.61. The molecule has 0 unspecified atom stereocenters. The summed E-state index contributed by atoms with van der Waals surface area (Å²) in [6.45, 7) is 1.96. The largest absolute Gasteiger partial charge is 0.489 e. The third kappa shape index (κ3) is 2.44. The Labute approximate surface area is 128 Å². The highest BCUT2D eigenvalue weighted by Gasteiger charge is 2.32. The Morgan fingerprint density at radius 1 is 1.24 bits per heavy atom. The zero-order valence-electron chi connectivity index (χ0n) is 12.2. The van der Waals surface area contributed by atoms with Crippen molar-refractivity contribution in [1.82, 2.24) is 5.32 Å². The van der Waals surface area contributed by atoms with Crippen molar-refractivity contribution in [3.63, 3.8) is 0 Å². The summed E-state index contributed by atoms with van der Waals surface area (Å²) in [5.74, 6) is 0.716. The molecule has 4 rings (SSSR count). The summed E-state index contributed by atoms with van der Waals surface area (Å²) >= 11 is 1.58. The maximum atomic E-state index is 14.0. The van der Waals surface area contributed by atoms with Crippen molar-refractivity contribution in [3.05, 3.63) is 28.9 Å². The van der Waals surface area contributed by atoms with Crippen LogP contribution in [0.1, 0.15) is 37.7 Å². The van der Waals surface area contributed by atoms with Gasteiger partial charge in [0, 0.05) is 17.5 Å². The summed E-state index contributed by atoms with van der Waals surface area (Å²) in [5, 5.41) is 6.42. The molecular formula is C17H20FNOS. The average molecular weight is 305 g/mol. The first-order valence-corrected chi connectivity index (χ1v) is 8.67. The molecule has 2 saturated heterocycles. The number of nitrogens with one attached hydrogen (secondary N) is 1. The van der Waals surface area contributed by atoms with Crippen LogP contribution in [0.25, 0.3) is 10.1 Å². The third-order valence-corrected chi connectivity index (χ3v) is 5.90. The van der Waals surface area contributed by atoms with Crippen molar-refractivity contribution in [3.8, 4) is 5.75 Å². The van der Waals surface area contributed by atoms with Crippen molar-refractivity contribution in [1.29, 1.82) is 0 Å². The van der Waals surface area contributed by atoms with Gasteiger partial charge < -0.3 is 10.1 Å². The highest BCUT2D eigenvalue weighted by atomic mass is 32.1. The zero-order valence-corrected chi connectivity index (χ0v) is 13.0. The summed E-state index contributed by atoms with van der Waals surface area (Å²) in [4.78, 5) is 0. The van der Waals surface area contributed by atoms with E-state index in [1.807, 2.05) is 12.3 Å². The van der Waals surface area contributed by atoms with Crippen LogP contribution < -0.4 is 10.1 Å². The fourth-order valence-corrected chi connectivity index (χ4v) is 4.83. The summed E-state index contributed by atoms with van der Waals surface area (Å²) < 4.78 is 21.2. The van der Waals surface area contributed by atoms with E-state index in [0.29, 0.717) is 12.1 Å². The van der Waals surface area contributed by atoms with Gasteiger partial charge in [0.2, 0.25) is 0 Å². The minimum atomic E-state index is -0.140. The number of thiophene rings is 1. The number of fused-ring (bicyclic) bond motifs is 3. The Morgan fingerprint density at radius 3 is 2.76 bits per heavy atom. The van der Waals surface area contributed by atoms with Gasteiger partial charge in [-0.25, -0.2) is 4.39 Å². The molecule has 0 saturated carbocycles. The van der Waals surface area contributed by atoms with Gasteiger partial charge in [0.1, 0.15) is 17.7 Å². The molecule has 3 heterocycles. The molecule has 0 spiro atoms. The minimum Gasteiger partial charge on any atom is -0.489 e. The molecular weight excluding hydrogens is 285 g/mol. The van der Waals surface area contributed by atoms with E-state index in [0.717, 1.165) is 34.2 Å². The zero-order chi connectivity index (χ0) is 14.4. The first-order valence-electron chi connectivity index (χ1n) is 7.79. The Hall–Kier alpha value is -1.13. The van der Waals surface area contributed by atoms with Crippen LogP contribution in [0.5, 0.6) is 5.75 Å². The second-order valence-corrected chi connectivity index (χ2v) is 7.25. The van der Waals surface area contributed by atoms with Crippen LogP contribution in [0.4, 0.5) is 4.39 Å². The van der Waals surface area contributed by atoms with E-state index in [9.17, 15) is 4.39 Å². The van der Waals surface area contributed by atoms with Gasteiger partial charge in [-0.05, 0) is 55.7 Å². The van der Waals surface area contributed by atoms with Crippen LogP contribution >= 0.6 is 11.3 Å². The lowest BCUT2D eigenvalue weighted by molar-refractivity contribution is 0.0940. The van der Waals surface area contributed by atoms with E-state index in [-0.39, 0.29) is 11.9 Å². The number of aryl methyl sites for hydroxylation is 1. The number of hydrogen-bond acceptors (Lipinski definition) is 3. The summed E-state index contributed by atoms with van der Waals surface area (Å²) in [7, 11) is 0. The summed E-state index contributed by atoms with van der Waals surface area (Å²) in [6.07, 6.45) is 6.25. The van der Waals surface area contributed by atoms with Crippen LogP contribution in [0.15, 0.2) is 17.5 Å². The summed E-state index contributed by atoms with van der Waals surface area (Å²) in [6, 6.07) is 4.54. The lowest BCUT2D eigenvalue weighted by atomic mass is 9.85. The van der Waals surface area contributed by atoms with Crippen molar-refractivity contribution < 1.29 is 9.13 Å². The molecule has 0 amide bonds. The molecule has 4 heteroatoms. The van der Waals surface area contributed by atoms with Crippen molar-refractivity contribution in [2.75, 3.05) is 0 Å². The molecule has 21 heavy (non-hydrogen) atoms. The standard InChI is InChI=1S/C17H20FNOS/c1-10-9-21-17-15(6-5-14(18)16(10)17)20-13-7-11-3-2-4-12(8-13)19-11/h5-6,9,11-13,19H,2-4,7-8H2,1H3/t11-,12+,13-. The predicted octanol–water partition coefficient (Wildman–Crippen LogP) is 4.40. The highest BCUT2D eigenvalue weighted by molar-refractivity contribution is 7.17. The van der Waals surface area contributed by atoms with Crippen molar-refractivity contribution in [2.45, 2.75) is 57.2 Å². The van der Waals surface area contributed by atoms with E-state index in [2.05, 4.69) is 5.32 Å². The molecule has 2 bridgehead atoms. The van der Waals surface area contributed by atoms with Gasteiger partial charge >= 0.3 is 0 Å². The van der Waals surface area contributed by atoms with E-state index in [1.165, 1.54) is 19.3 Å². The number of rotatable bonds is 2. The molecule has 0 radical (unpaired) electrons. The van der Waals surface area contributed by atoms with Crippen LogP contribution in [0, 0.1) is 12.7 Å². The second-order valence-electron chi connectivity index (χ2n) is 6.37. The topological polar surface area (TPSA) is 21.3 Å². The third-order valence-electron chi connectivity index (χ3n) is 4.78. The minimum absolute atomic E-state index is 0.140. The highest BCUT2D eigenvalue weighted by Crippen LogP contribution is 2.37. The normalized spacial score (nSPS) is 28.8. The molecule has 1 aromatic carbocycles. The first-order chi connectivity index (χ1) is 10.2. The van der Waals surface area contributed by atoms with Crippen molar-refractivity contribution >= 4 is 21.4 Å². The first kappa shape index (κ1) is 13.5. The number of ether oxygens (including phenoxy) is 1. The predicted molar refractivity (Wildman–Crippen MR) is 84.7 cm³/mol. The molecule has 112 valence electrons. The maximum absolute atomic E-state index is 14.0. The van der Waals surface area contributed by atoms with E-state index >= 15 is 0 Å². The number of piperidine rings is 2. The number of halogens is 1. The van der Waals surface area contributed by atoms with E-state index in [4.69, 9.17) is 4.74 Å². The monoisotopic (exact) mass is 305 g/mol. The molecule has 2 nitrogen and oxygen atoms in total. The van der Waals surface area contributed by atoms with Gasteiger partial charge in [0.15, 0.2) is 0 Å². The van der Waals surface area contributed by atoms with Crippen LogP contribution in [-0.2, 0) is 0 Å². The molecule has 1 N–H and O–H groups in total. The van der Waals surface area contributed by atoms with Crippen molar-refractivity contribution in [2.24, 2.45) is 0 Å². The molecule has 2 aromatic rings. The van der Waals surface area contributed by atoms with E-state index < -0.39 is 0 Å². The molecule has 2 aliphatic rings. The SMILES string of the molecule is Cc1csc2c(O[C@@H]3C[C@H]4CCC[C@@H](C3)N4)ccc(F)c12. The van der Waals surface area contributed by atoms with Crippen LogP contribution in [0.2, 0.25) is 0 Å². The number of hydrogen-bond donors (Lipinski definition) is 1. The second kappa shape index (κ2) is 5.25. The Kier molecular flexibility index (Phi) is 3.38. The van der Waals surface area contributed by atoms with Gasteiger partial charge in [-0.2, -0.15) is 0 Å². The van der Waals surface area contributed by atoms with Gasteiger partial charge in [-0.3, -0.25) is 0 Å². The lowest BCUT2D eigenvalue weighted by Gasteiger charge is -2.40. The van der Waals surface area contributed by atoms with Gasteiger partial charge in [0.05, 0.1) is 4.70 Å². The fraction of sp³-hybridized carbons (Fsp3) is 0.529. The quantitative estimate of drug-likeness (QED) is 0.888.